The smallest absolute Gasteiger partial charge is 0.0618 e. The third kappa shape index (κ3) is 2.54. The first-order valence-corrected chi connectivity index (χ1v) is 6.53. The highest BCUT2D eigenvalue weighted by Gasteiger charge is 2.45. The molecule has 0 spiro atoms. The first-order chi connectivity index (χ1) is 7.21. The van der Waals surface area contributed by atoms with Crippen LogP contribution < -0.4 is 5.32 Å². The van der Waals surface area contributed by atoms with Gasteiger partial charge in [-0.25, -0.2) is 0 Å². The first kappa shape index (κ1) is 13.0. The Morgan fingerprint density at radius 3 is 2.40 bits per heavy atom. The fourth-order valence-electron chi connectivity index (χ4n) is 3.17. The molecule has 2 nitrogen and oxygen atoms in total. The SMILES string of the molecule is CCNCC1(C(CC)CC)CCOC1C. The van der Waals surface area contributed by atoms with Gasteiger partial charge in [0.25, 0.3) is 0 Å². The lowest BCUT2D eigenvalue weighted by Gasteiger charge is -2.39. The van der Waals surface area contributed by atoms with E-state index in [0.29, 0.717) is 11.5 Å². The van der Waals surface area contributed by atoms with Gasteiger partial charge in [-0.2, -0.15) is 0 Å². The maximum atomic E-state index is 5.81. The number of nitrogens with one attached hydrogen (secondary N) is 1. The average Bonchev–Trinajstić information content (AvgIpc) is 2.60. The lowest BCUT2D eigenvalue weighted by atomic mass is 9.68. The largest absolute Gasteiger partial charge is 0.378 e. The summed E-state index contributed by atoms with van der Waals surface area (Å²) in [6, 6.07) is 0. The minimum absolute atomic E-state index is 0.388. The van der Waals surface area contributed by atoms with Gasteiger partial charge in [0.05, 0.1) is 6.10 Å². The minimum Gasteiger partial charge on any atom is -0.378 e. The molecule has 0 bridgehead atoms. The van der Waals surface area contributed by atoms with E-state index in [1.807, 2.05) is 0 Å². The maximum Gasteiger partial charge on any atom is 0.0618 e. The summed E-state index contributed by atoms with van der Waals surface area (Å²) >= 11 is 0. The van der Waals surface area contributed by atoms with E-state index in [4.69, 9.17) is 4.74 Å². The Kier molecular flexibility index (Phi) is 5.07. The fraction of sp³-hybridized carbons (Fsp3) is 1.00. The highest BCUT2D eigenvalue weighted by Crippen LogP contribution is 2.44. The number of rotatable bonds is 6. The van der Waals surface area contributed by atoms with E-state index in [1.165, 1.54) is 19.3 Å². The molecule has 15 heavy (non-hydrogen) atoms. The molecule has 1 fully saturated rings. The monoisotopic (exact) mass is 213 g/mol. The van der Waals surface area contributed by atoms with E-state index < -0.39 is 0 Å². The van der Waals surface area contributed by atoms with Crippen molar-refractivity contribution >= 4 is 0 Å². The quantitative estimate of drug-likeness (QED) is 0.732. The molecule has 1 heterocycles. The second-order valence-electron chi connectivity index (χ2n) is 4.79. The molecular formula is C13H27NO. The van der Waals surface area contributed by atoms with Crippen LogP contribution >= 0.6 is 0 Å². The van der Waals surface area contributed by atoms with E-state index in [2.05, 4.69) is 33.0 Å². The standard InChI is InChI=1S/C13H27NO/c1-5-12(6-2)13(10-14-7-3)8-9-15-11(13)4/h11-12,14H,5-10H2,1-4H3. The van der Waals surface area contributed by atoms with Gasteiger partial charge in [0, 0.05) is 18.6 Å². The van der Waals surface area contributed by atoms with Gasteiger partial charge in [0.15, 0.2) is 0 Å². The Bertz CT molecular complexity index is 179. The van der Waals surface area contributed by atoms with Crippen LogP contribution in [0.25, 0.3) is 0 Å². The van der Waals surface area contributed by atoms with Crippen LogP contribution in [0.4, 0.5) is 0 Å². The third-order valence-corrected chi connectivity index (χ3v) is 4.25. The minimum atomic E-state index is 0.388. The normalized spacial score (nSPS) is 31.4. The Morgan fingerprint density at radius 1 is 1.33 bits per heavy atom. The van der Waals surface area contributed by atoms with Crippen LogP contribution in [0.2, 0.25) is 0 Å². The van der Waals surface area contributed by atoms with Crippen molar-refractivity contribution in [3.8, 4) is 0 Å². The fourth-order valence-corrected chi connectivity index (χ4v) is 3.17. The Morgan fingerprint density at radius 2 is 2.00 bits per heavy atom. The zero-order valence-electron chi connectivity index (χ0n) is 10.8. The van der Waals surface area contributed by atoms with Crippen molar-refractivity contribution in [1.29, 1.82) is 0 Å². The molecule has 1 aliphatic heterocycles. The van der Waals surface area contributed by atoms with Crippen LogP contribution in [-0.2, 0) is 4.74 Å². The van der Waals surface area contributed by atoms with Crippen LogP contribution in [0.3, 0.4) is 0 Å². The summed E-state index contributed by atoms with van der Waals surface area (Å²) < 4.78 is 5.81. The van der Waals surface area contributed by atoms with Crippen molar-refractivity contribution in [2.75, 3.05) is 19.7 Å². The van der Waals surface area contributed by atoms with Crippen LogP contribution in [0.15, 0.2) is 0 Å². The van der Waals surface area contributed by atoms with Crippen LogP contribution in [-0.4, -0.2) is 25.8 Å². The second-order valence-corrected chi connectivity index (χ2v) is 4.79. The molecule has 0 aromatic rings. The molecule has 0 radical (unpaired) electrons. The first-order valence-electron chi connectivity index (χ1n) is 6.53. The van der Waals surface area contributed by atoms with Crippen molar-refractivity contribution in [3.63, 3.8) is 0 Å². The van der Waals surface area contributed by atoms with Gasteiger partial charge in [-0.1, -0.05) is 33.6 Å². The van der Waals surface area contributed by atoms with E-state index in [9.17, 15) is 0 Å². The van der Waals surface area contributed by atoms with Gasteiger partial charge in [-0.05, 0) is 25.8 Å². The molecule has 0 aromatic carbocycles. The number of hydrogen-bond acceptors (Lipinski definition) is 2. The molecule has 2 unspecified atom stereocenters. The van der Waals surface area contributed by atoms with E-state index >= 15 is 0 Å². The number of hydrogen-bond donors (Lipinski definition) is 1. The van der Waals surface area contributed by atoms with Gasteiger partial charge in [0.2, 0.25) is 0 Å². The van der Waals surface area contributed by atoms with Crippen molar-refractivity contribution in [2.45, 2.75) is 53.1 Å². The van der Waals surface area contributed by atoms with Gasteiger partial charge >= 0.3 is 0 Å². The summed E-state index contributed by atoms with van der Waals surface area (Å²) in [6.45, 7) is 12.2. The van der Waals surface area contributed by atoms with Crippen molar-refractivity contribution in [3.05, 3.63) is 0 Å². The molecule has 1 saturated heterocycles. The maximum absolute atomic E-state index is 5.81. The van der Waals surface area contributed by atoms with Gasteiger partial charge in [0.1, 0.15) is 0 Å². The number of ether oxygens (including phenoxy) is 1. The van der Waals surface area contributed by atoms with Crippen LogP contribution in [0.5, 0.6) is 0 Å². The molecule has 2 heteroatoms. The topological polar surface area (TPSA) is 21.3 Å². The zero-order valence-corrected chi connectivity index (χ0v) is 10.8. The van der Waals surface area contributed by atoms with Crippen LogP contribution in [0.1, 0.15) is 47.0 Å². The van der Waals surface area contributed by atoms with Crippen molar-refractivity contribution in [1.82, 2.24) is 5.32 Å². The molecule has 0 aromatic heterocycles. The van der Waals surface area contributed by atoms with Crippen molar-refractivity contribution < 1.29 is 4.74 Å². The molecular weight excluding hydrogens is 186 g/mol. The second kappa shape index (κ2) is 5.86. The van der Waals surface area contributed by atoms with Gasteiger partial charge < -0.3 is 10.1 Å². The highest BCUT2D eigenvalue weighted by atomic mass is 16.5. The predicted molar refractivity (Wildman–Crippen MR) is 65.1 cm³/mol. The van der Waals surface area contributed by atoms with E-state index in [0.717, 1.165) is 25.6 Å². The summed E-state index contributed by atoms with van der Waals surface area (Å²) in [5.74, 6) is 0.800. The summed E-state index contributed by atoms with van der Waals surface area (Å²) in [5, 5.41) is 3.53. The molecule has 1 rings (SSSR count). The zero-order chi connectivity index (χ0) is 11.3. The third-order valence-electron chi connectivity index (χ3n) is 4.25. The lowest BCUT2D eigenvalue weighted by Crippen LogP contribution is -2.45. The Hall–Kier alpha value is -0.0800. The van der Waals surface area contributed by atoms with Crippen molar-refractivity contribution in [2.24, 2.45) is 11.3 Å². The molecule has 0 saturated carbocycles. The summed E-state index contributed by atoms with van der Waals surface area (Å²) in [5.41, 5.74) is 0.388. The molecule has 1 aliphatic rings. The average molecular weight is 213 g/mol. The Labute approximate surface area is 94.8 Å². The Balaban J connectivity index is 2.74. The molecule has 2 atom stereocenters. The molecule has 90 valence electrons. The summed E-state index contributed by atoms with van der Waals surface area (Å²) in [4.78, 5) is 0. The summed E-state index contributed by atoms with van der Waals surface area (Å²) in [6.07, 6.45) is 4.19. The molecule has 0 amide bonds. The van der Waals surface area contributed by atoms with E-state index in [1.54, 1.807) is 0 Å². The lowest BCUT2D eigenvalue weighted by molar-refractivity contribution is 0.0249. The van der Waals surface area contributed by atoms with Gasteiger partial charge in [-0.15, -0.1) is 0 Å². The van der Waals surface area contributed by atoms with Gasteiger partial charge in [-0.3, -0.25) is 0 Å². The van der Waals surface area contributed by atoms with E-state index in [-0.39, 0.29) is 0 Å². The molecule has 1 N–H and O–H groups in total. The summed E-state index contributed by atoms with van der Waals surface area (Å²) in [7, 11) is 0. The predicted octanol–water partition coefficient (Wildman–Crippen LogP) is 2.83. The highest BCUT2D eigenvalue weighted by molar-refractivity contribution is 4.95. The molecule has 0 aliphatic carbocycles. The van der Waals surface area contributed by atoms with Crippen LogP contribution in [0, 0.1) is 11.3 Å².